The highest BCUT2D eigenvalue weighted by Gasteiger charge is 2.72. The maximum atomic E-state index is 14.7. The standard InChI is InChI=1S/C29H29ClFN3O4/c30-18-8-6-11-20(15-18)33-26(35)23-22-13-14-29(38-22)24(23)28(37)34(16-17-7-4-5-12-21(17)31)25(29)27(36)32-19-9-2-1-3-10-19/h4-8,11-15,19,22-25H,1-3,9-10,16H2,(H,32,36)(H,33,35). The fourth-order valence-corrected chi connectivity index (χ4v) is 6.76. The fraction of sp³-hybridized carbons (Fsp3) is 0.414. The van der Waals surface area contributed by atoms with E-state index in [1.54, 1.807) is 54.6 Å². The van der Waals surface area contributed by atoms with Crippen LogP contribution >= 0.6 is 11.6 Å². The van der Waals surface area contributed by atoms with Crippen molar-refractivity contribution in [1.82, 2.24) is 10.2 Å². The van der Waals surface area contributed by atoms with Gasteiger partial charge in [-0.05, 0) is 37.1 Å². The molecule has 7 nitrogen and oxygen atoms in total. The number of amides is 3. The van der Waals surface area contributed by atoms with Gasteiger partial charge in [0.2, 0.25) is 17.7 Å². The first-order valence-electron chi connectivity index (χ1n) is 13.2. The maximum Gasteiger partial charge on any atom is 0.246 e. The van der Waals surface area contributed by atoms with Crippen LogP contribution in [0.25, 0.3) is 0 Å². The van der Waals surface area contributed by atoms with E-state index in [2.05, 4.69) is 10.6 Å². The van der Waals surface area contributed by atoms with Crippen molar-refractivity contribution < 1.29 is 23.5 Å². The average molecular weight is 538 g/mol. The second kappa shape index (κ2) is 9.82. The normalized spacial score (nSPS) is 29.9. The molecule has 1 saturated carbocycles. The zero-order valence-corrected chi connectivity index (χ0v) is 21.5. The number of rotatable bonds is 6. The number of hydrogen-bond donors (Lipinski definition) is 2. The molecule has 2 saturated heterocycles. The molecule has 2 N–H and O–H groups in total. The SMILES string of the molecule is O=C(Nc1cccc(Cl)c1)C1C2C=CC3(O2)C1C(=O)N(Cc1ccccc1F)C3C(=O)NC1CCCCC1. The van der Waals surface area contributed by atoms with E-state index in [0.717, 1.165) is 32.1 Å². The molecule has 3 heterocycles. The van der Waals surface area contributed by atoms with E-state index in [1.165, 1.54) is 11.0 Å². The topological polar surface area (TPSA) is 87.7 Å². The van der Waals surface area contributed by atoms with Crippen LogP contribution < -0.4 is 10.6 Å². The minimum absolute atomic E-state index is 0.0154. The Morgan fingerprint density at radius 1 is 1.08 bits per heavy atom. The third-order valence-electron chi connectivity index (χ3n) is 8.27. The number of fused-ring (bicyclic) bond motifs is 1. The first kappa shape index (κ1) is 25.1. The molecular weight excluding hydrogens is 509 g/mol. The summed E-state index contributed by atoms with van der Waals surface area (Å²) in [5.74, 6) is -3.33. The molecular formula is C29H29ClFN3O4. The molecule has 2 aromatic carbocycles. The molecule has 1 aliphatic carbocycles. The quantitative estimate of drug-likeness (QED) is 0.540. The van der Waals surface area contributed by atoms with E-state index in [9.17, 15) is 18.8 Å². The van der Waals surface area contributed by atoms with Gasteiger partial charge in [-0.2, -0.15) is 0 Å². The van der Waals surface area contributed by atoms with Crippen LogP contribution in [0, 0.1) is 17.7 Å². The molecule has 3 aliphatic heterocycles. The highest BCUT2D eigenvalue weighted by atomic mass is 35.5. The Morgan fingerprint density at radius 2 is 1.87 bits per heavy atom. The molecule has 9 heteroatoms. The molecule has 2 bridgehead atoms. The largest absolute Gasteiger partial charge is 0.359 e. The summed E-state index contributed by atoms with van der Waals surface area (Å²) in [6.45, 7) is -0.100. The molecule has 198 valence electrons. The summed E-state index contributed by atoms with van der Waals surface area (Å²) >= 11 is 6.08. The third kappa shape index (κ3) is 4.20. The van der Waals surface area contributed by atoms with Crippen LogP contribution in [-0.4, -0.2) is 46.4 Å². The van der Waals surface area contributed by atoms with E-state index >= 15 is 0 Å². The van der Waals surface area contributed by atoms with Crippen molar-refractivity contribution in [3.63, 3.8) is 0 Å². The van der Waals surface area contributed by atoms with E-state index in [0.29, 0.717) is 16.3 Å². The summed E-state index contributed by atoms with van der Waals surface area (Å²) in [6, 6.07) is 12.0. The monoisotopic (exact) mass is 537 g/mol. The van der Waals surface area contributed by atoms with Crippen molar-refractivity contribution in [2.75, 3.05) is 5.32 Å². The van der Waals surface area contributed by atoms with E-state index in [-0.39, 0.29) is 24.4 Å². The van der Waals surface area contributed by atoms with E-state index in [4.69, 9.17) is 16.3 Å². The first-order chi connectivity index (χ1) is 18.4. The van der Waals surface area contributed by atoms with Crippen molar-refractivity contribution in [3.05, 3.63) is 77.1 Å². The van der Waals surface area contributed by atoms with Crippen LogP contribution in [-0.2, 0) is 25.7 Å². The zero-order chi connectivity index (χ0) is 26.4. The number of likely N-dealkylation sites (tertiary alicyclic amines) is 1. The van der Waals surface area contributed by atoms with Crippen LogP contribution in [0.1, 0.15) is 37.7 Å². The summed E-state index contributed by atoms with van der Waals surface area (Å²) in [5, 5.41) is 6.46. The average Bonchev–Trinajstić information content (AvgIpc) is 3.53. The molecule has 3 fully saturated rings. The molecule has 5 unspecified atom stereocenters. The van der Waals surface area contributed by atoms with Gasteiger partial charge >= 0.3 is 0 Å². The Hall–Kier alpha value is -3.23. The third-order valence-corrected chi connectivity index (χ3v) is 8.50. The van der Waals surface area contributed by atoms with Crippen LogP contribution in [0.3, 0.4) is 0 Å². The zero-order valence-electron chi connectivity index (χ0n) is 20.7. The summed E-state index contributed by atoms with van der Waals surface area (Å²) in [4.78, 5) is 42.8. The Kier molecular flexibility index (Phi) is 6.48. The number of ether oxygens (including phenoxy) is 1. The summed E-state index contributed by atoms with van der Waals surface area (Å²) in [6.07, 6.45) is 7.83. The van der Waals surface area contributed by atoms with Crippen molar-refractivity contribution >= 4 is 35.0 Å². The first-order valence-corrected chi connectivity index (χ1v) is 13.5. The number of nitrogens with zero attached hydrogens (tertiary/aromatic N) is 1. The lowest BCUT2D eigenvalue weighted by molar-refractivity contribution is -0.142. The van der Waals surface area contributed by atoms with Crippen molar-refractivity contribution in [3.8, 4) is 0 Å². The summed E-state index contributed by atoms with van der Waals surface area (Å²) in [7, 11) is 0. The van der Waals surface area contributed by atoms with Crippen molar-refractivity contribution in [2.24, 2.45) is 11.8 Å². The molecule has 4 aliphatic rings. The lowest BCUT2D eigenvalue weighted by atomic mass is 9.74. The van der Waals surface area contributed by atoms with Crippen LogP contribution in [0.2, 0.25) is 5.02 Å². The van der Waals surface area contributed by atoms with Gasteiger partial charge in [0, 0.05) is 28.9 Å². The maximum absolute atomic E-state index is 14.7. The minimum atomic E-state index is -1.30. The highest BCUT2D eigenvalue weighted by molar-refractivity contribution is 6.30. The summed E-state index contributed by atoms with van der Waals surface area (Å²) < 4.78 is 21.0. The van der Waals surface area contributed by atoms with Crippen LogP contribution in [0.15, 0.2) is 60.7 Å². The minimum Gasteiger partial charge on any atom is -0.359 e. The van der Waals surface area contributed by atoms with Gasteiger partial charge in [-0.1, -0.05) is 67.3 Å². The van der Waals surface area contributed by atoms with Gasteiger partial charge < -0.3 is 20.3 Å². The molecule has 5 atom stereocenters. The highest BCUT2D eigenvalue weighted by Crippen LogP contribution is 2.55. The van der Waals surface area contributed by atoms with Gasteiger partial charge in [0.05, 0.1) is 17.9 Å². The molecule has 3 amide bonds. The predicted molar refractivity (Wildman–Crippen MR) is 140 cm³/mol. The van der Waals surface area contributed by atoms with Crippen molar-refractivity contribution in [2.45, 2.75) is 62.4 Å². The van der Waals surface area contributed by atoms with Crippen LogP contribution in [0.5, 0.6) is 0 Å². The van der Waals surface area contributed by atoms with Crippen LogP contribution in [0.4, 0.5) is 10.1 Å². The second-order valence-electron chi connectivity index (χ2n) is 10.6. The number of carbonyl (C=O) groups is 3. The molecule has 6 rings (SSSR count). The van der Waals surface area contributed by atoms with Gasteiger partial charge in [0.1, 0.15) is 17.5 Å². The van der Waals surface area contributed by atoms with E-state index < -0.39 is 41.3 Å². The lowest BCUT2D eigenvalue weighted by Crippen LogP contribution is -2.56. The van der Waals surface area contributed by atoms with Crippen molar-refractivity contribution in [1.29, 1.82) is 0 Å². The number of benzene rings is 2. The molecule has 2 aromatic rings. The molecule has 0 aromatic heterocycles. The number of anilines is 1. The molecule has 0 radical (unpaired) electrons. The van der Waals surface area contributed by atoms with Gasteiger partial charge in [-0.3, -0.25) is 14.4 Å². The van der Waals surface area contributed by atoms with E-state index in [1.807, 2.05) is 0 Å². The number of nitrogens with one attached hydrogen (secondary N) is 2. The second-order valence-corrected chi connectivity index (χ2v) is 11.0. The Morgan fingerprint density at radius 3 is 2.63 bits per heavy atom. The number of carbonyl (C=O) groups excluding carboxylic acids is 3. The Labute approximate surface area is 225 Å². The fourth-order valence-electron chi connectivity index (χ4n) is 6.57. The number of hydrogen-bond acceptors (Lipinski definition) is 4. The van der Waals surface area contributed by atoms with Gasteiger partial charge in [-0.15, -0.1) is 0 Å². The predicted octanol–water partition coefficient (Wildman–Crippen LogP) is 4.22. The lowest BCUT2D eigenvalue weighted by Gasteiger charge is -2.34. The van der Waals surface area contributed by atoms with Gasteiger partial charge in [0.25, 0.3) is 0 Å². The Balaban J connectivity index is 1.34. The van der Waals surface area contributed by atoms with Gasteiger partial charge in [-0.25, -0.2) is 4.39 Å². The number of halogens is 2. The molecule has 38 heavy (non-hydrogen) atoms. The molecule has 1 spiro atoms. The summed E-state index contributed by atoms with van der Waals surface area (Å²) in [5.41, 5.74) is -0.503. The Bertz CT molecular complexity index is 1310. The van der Waals surface area contributed by atoms with Gasteiger partial charge in [0.15, 0.2) is 0 Å². The smallest absolute Gasteiger partial charge is 0.246 e.